The molecule has 1 fully saturated rings. The third-order valence-electron chi connectivity index (χ3n) is 3.69. The monoisotopic (exact) mass is 380 g/mol. The van der Waals surface area contributed by atoms with Crippen LogP contribution in [0.25, 0.3) is 6.08 Å². The second kappa shape index (κ2) is 7.36. The van der Waals surface area contributed by atoms with Gasteiger partial charge in [-0.25, -0.2) is 0 Å². The molecule has 19 heavy (non-hydrogen) atoms. The summed E-state index contributed by atoms with van der Waals surface area (Å²) < 4.78 is 0. The minimum atomic E-state index is 0.545. The highest BCUT2D eigenvalue weighted by atomic mass is 79.9. The summed E-state index contributed by atoms with van der Waals surface area (Å²) in [7, 11) is 0. The summed E-state index contributed by atoms with van der Waals surface area (Å²) in [4.78, 5) is 0. The molecule has 1 aromatic rings. The molecule has 0 radical (unpaired) electrons. The maximum absolute atomic E-state index is 6.26. The van der Waals surface area contributed by atoms with Gasteiger partial charge < -0.3 is 0 Å². The lowest BCUT2D eigenvalue weighted by Crippen LogP contribution is -2.10. The molecular weight excluding hydrogens is 366 g/mol. The molecule has 1 saturated carbocycles. The Bertz CT molecular complexity index is 477. The molecule has 4 heteroatoms. The third-order valence-corrected chi connectivity index (χ3v) is 5.49. The topological polar surface area (TPSA) is 0 Å². The average Bonchev–Trinajstić information content (AvgIpc) is 2.44. The minimum absolute atomic E-state index is 0.545. The van der Waals surface area contributed by atoms with Gasteiger partial charge in [0.25, 0.3) is 0 Å². The Morgan fingerprint density at radius 2 is 1.74 bits per heavy atom. The fraction of sp³-hybridized carbons (Fsp3) is 0.467. The predicted molar refractivity (Wildman–Crippen MR) is 89.8 cm³/mol. The van der Waals surface area contributed by atoms with Crippen molar-refractivity contribution < 1.29 is 0 Å². The van der Waals surface area contributed by atoms with E-state index in [-0.39, 0.29) is 0 Å². The molecule has 1 aliphatic carbocycles. The molecule has 0 bridgehead atoms. The molecule has 0 atom stereocenters. The maximum Gasteiger partial charge on any atom is 0.0679 e. The Hall–Kier alpha value is 0.310. The van der Waals surface area contributed by atoms with Gasteiger partial charge in [-0.15, -0.1) is 0 Å². The van der Waals surface area contributed by atoms with Gasteiger partial charge in [-0.3, -0.25) is 0 Å². The van der Waals surface area contributed by atoms with Crippen LogP contribution in [-0.2, 0) is 0 Å². The van der Waals surface area contributed by atoms with E-state index in [0.717, 1.165) is 10.9 Å². The zero-order valence-electron chi connectivity index (χ0n) is 10.6. The molecule has 0 aliphatic heterocycles. The lowest BCUT2D eigenvalue weighted by atomic mass is 9.84. The Morgan fingerprint density at radius 1 is 1.11 bits per heavy atom. The quantitative estimate of drug-likeness (QED) is 0.390. The summed E-state index contributed by atoms with van der Waals surface area (Å²) >= 11 is 22.2. The minimum Gasteiger partial charge on any atom is -0.0880 e. The van der Waals surface area contributed by atoms with Crippen molar-refractivity contribution in [3.05, 3.63) is 38.3 Å². The van der Waals surface area contributed by atoms with Gasteiger partial charge in [0.05, 0.1) is 10.0 Å². The van der Waals surface area contributed by atoms with E-state index in [1.165, 1.54) is 37.7 Å². The second-order valence-electron chi connectivity index (χ2n) is 4.94. The summed E-state index contributed by atoms with van der Waals surface area (Å²) in [6.07, 6.45) is 8.60. The zero-order chi connectivity index (χ0) is 13.8. The SMILES string of the molecule is Clc1ccc(Cl)c(/C=C(/CBr)C2CCCCC2)c1Cl. The van der Waals surface area contributed by atoms with Gasteiger partial charge >= 0.3 is 0 Å². The first-order chi connectivity index (χ1) is 9.13. The van der Waals surface area contributed by atoms with E-state index in [1.807, 2.05) is 0 Å². The number of allylic oxidation sites excluding steroid dienone is 1. The summed E-state index contributed by atoms with van der Waals surface area (Å²) in [6.45, 7) is 0. The van der Waals surface area contributed by atoms with E-state index in [0.29, 0.717) is 21.0 Å². The molecular formula is C15H16BrCl3. The van der Waals surface area contributed by atoms with Gasteiger partial charge in [0.1, 0.15) is 0 Å². The summed E-state index contributed by atoms with van der Waals surface area (Å²) in [5.74, 6) is 0.638. The van der Waals surface area contributed by atoms with E-state index in [9.17, 15) is 0 Å². The van der Waals surface area contributed by atoms with Gasteiger partial charge in [0.2, 0.25) is 0 Å². The van der Waals surface area contributed by atoms with Crippen molar-refractivity contribution in [2.75, 3.05) is 5.33 Å². The van der Waals surface area contributed by atoms with Crippen LogP contribution in [0.2, 0.25) is 15.1 Å². The number of hydrogen-bond acceptors (Lipinski definition) is 0. The van der Waals surface area contributed by atoms with E-state index in [1.54, 1.807) is 12.1 Å². The van der Waals surface area contributed by atoms with E-state index < -0.39 is 0 Å². The van der Waals surface area contributed by atoms with Gasteiger partial charge in [0.15, 0.2) is 0 Å². The molecule has 2 rings (SSSR count). The second-order valence-corrected chi connectivity index (χ2v) is 6.70. The lowest BCUT2D eigenvalue weighted by Gasteiger charge is -2.24. The van der Waals surface area contributed by atoms with Gasteiger partial charge in [-0.05, 0) is 30.9 Å². The van der Waals surface area contributed by atoms with Crippen molar-refractivity contribution in [1.29, 1.82) is 0 Å². The largest absolute Gasteiger partial charge is 0.0880 e. The van der Waals surface area contributed by atoms with Crippen molar-refractivity contribution in [2.45, 2.75) is 32.1 Å². The number of halogens is 4. The summed E-state index contributed by atoms with van der Waals surface area (Å²) in [6, 6.07) is 3.53. The molecule has 0 nitrogen and oxygen atoms in total. The van der Waals surface area contributed by atoms with Crippen molar-refractivity contribution in [1.82, 2.24) is 0 Å². The average molecular weight is 383 g/mol. The molecule has 0 saturated heterocycles. The fourth-order valence-corrected chi connectivity index (χ4v) is 3.86. The van der Waals surface area contributed by atoms with Crippen LogP contribution in [0.1, 0.15) is 37.7 Å². The molecule has 1 aromatic carbocycles. The first-order valence-electron chi connectivity index (χ1n) is 6.53. The van der Waals surface area contributed by atoms with Crippen LogP contribution in [-0.4, -0.2) is 5.33 Å². The van der Waals surface area contributed by atoms with Crippen LogP contribution in [0, 0.1) is 5.92 Å². The molecule has 1 aliphatic rings. The van der Waals surface area contributed by atoms with Gasteiger partial charge in [-0.1, -0.05) is 81.6 Å². The molecule has 0 spiro atoms. The molecule has 0 amide bonds. The molecule has 104 valence electrons. The van der Waals surface area contributed by atoms with Crippen molar-refractivity contribution in [2.24, 2.45) is 5.92 Å². The predicted octanol–water partition coefficient (Wildman–Crippen LogP) is 7.01. The van der Waals surface area contributed by atoms with Crippen LogP contribution in [0.4, 0.5) is 0 Å². The smallest absolute Gasteiger partial charge is 0.0679 e. The zero-order valence-corrected chi connectivity index (χ0v) is 14.4. The summed E-state index contributed by atoms with van der Waals surface area (Å²) in [5, 5.41) is 2.61. The third kappa shape index (κ3) is 3.91. The molecule has 0 N–H and O–H groups in total. The van der Waals surface area contributed by atoms with Gasteiger partial charge in [0, 0.05) is 15.9 Å². The number of hydrogen-bond donors (Lipinski definition) is 0. The van der Waals surface area contributed by atoms with E-state index >= 15 is 0 Å². The Morgan fingerprint density at radius 3 is 2.37 bits per heavy atom. The summed E-state index contributed by atoms with van der Waals surface area (Å²) in [5.41, 5.74) is 2.21. The van der Waals surface area contributed by atoms with E-state index in [4.69, 9.17) is 34.8 Å². The molecule has 0 heterocycles. The normalized spacial score (nSPS) is 17.8. The Balaban J connectivity index is 2.34. The van der Waals surface area contributed by atoms with Crippen molar-refractivity contribution in [3.63, 3.8) is 0 Å². The molecule has 0 unspecified atom stereocenters. The van der Waals surface area contributed by atoms with Gasteiger partial charge in [-0.2, -0.15) is 0 Å². The Kier molecular flexibility index (Phi) is 6.08. The lowest BCUT2D eigenvalue weighted by molar-refractivity contribution is 0.405. The van der Waals surface area contributed by atoms with E-state index in [2.05, 4.69) is 22.0 Å². The molecule has 0 aromatic heterocycles. The van der Waals surface area contributed by atoms with Crippen LogP contribution in [0.3, 0.4) is 0 Å². The van der Waals surface area contributed by atoms with Crippen molar-refractivity contribution in [3.8, 4) is 0 Å². The Labute approximate surface area is 138 Å². The van der Waals surface area contributed by atoms with Crippen LogP contribution < -0.4 is 0 Å². The number of benzene rings is 1. The number of alkyl halides is 1. The maximum atomic E-state index is 6.26. The highest BCUT2D eigenvalue weighted by molar-refractivity contribution is 9.09. The first kappa shape index (κ1) is 15.7. The highest BCUT2D eigenvalue weighted by Crippen LogP contribution is 2.36. The van der Waals surface area contributed by atoms with Crippen LogP contribution >= 0.6 is 50.7 Å². The highest BCUT2D eigenvalue weighted by Gasteiger charge is 2.18. The van der Waals surface area contributed by atoms with Crippen LogP contribution in [0.15, 0.2) is 17.7 Å². The fourth-order valence-electron chi connectivity index (χ4n) is 2.60. The van der Waals surface area contributed by atoms with Crippen LogP contribution in [0.5, 0.6) is 0 Å². The first-order valence-corrected chi connectivity index (χ1v) is 8.79. The number of rotatable bonds is 3. The van der Waals surface area contributed by atoms with Crippen molar-refractivity contribution >= 4 is 56.8 Å². The standard InChI is InChI=1S/C15H16BrCl3/c16-9-11(10-4-2-1-3-5-10)8-12-13(17)6-7-14(18)15(12)19/h6-8,10H,1-5,9H2/b11-8-.